The van der Waals surface area contributed by atoms with Crippen LogP contribution >= 0.6 is 0 Å². The first-order valence-corrected chi connectivity index (χ1v) is 7.33. The minimum Gasteiger partial charge on any atom is -0.352 e. The molecule has 0 bridgehead atoms. The number of nitrogens with two attached hydrogens (primary N) is 1. The van der Waals surface area contributed by atoms with Crippen molar-refractivity contribution in [2.24, 2.45) is 11.7 Å². The van der Waals surface area contributed by atoms with E-state index in [0.717, 1.165) is 16.8 Å². The van der Waals surface area contributed by atoms with Crippen molar-refractivity contribution >= 4 is 5.91 Å². The fourth-order valence-corrected chi connectivity index (χ4v) is 2.40. The van der Waals surface area contributed by atoms with Gasteiger partial charge < -0.3 is 11.1 Å². The van der Waals surface area contributed by atoms with Crippen molar-refractivity contribution in [2.75, 3.05) is 0 Å². The molecule has 3 rings (SSSR count). The first-order chi connectivity index (χ1) is 10.2. The van der Waals surface area contributed by atoms with Gasteiger partial charge in [-0.05, 0) is 36.0 Å². The number of H-pyrrole nitrogens is 1. The molecule has 1 heterocycles. The molecule has 0 spiro atoms. The monoisotopic (exact) mass is 284 g/mol. The Kier molecular flexibility index (Phi) is 4.01. The maximum Gasteiger partial charge on any atom is 0.221 e. The van der Waals surface area contributed by atoms with E-state index in [0.29, 0.717) is 18.9 Å². The lowest BCUT2D eigenvalue weighted by atomic mass is 10.1. The number of aromatic amines is 1. The van der Waals surface area contributed by atoms with E-state index in [1.54, 1.807) is 6.20 Å². The van der Waals surface area contributed by atoms with Gasteiger partial charge in [0.15, 0.2) is 0 Å². The summed E-state index contributed by atoms with van der Waals surface area (Å²) in [6.07, 6.45) is 4.50. The minimum absolute atomic E-state index is 0.0211. The fourth-order valence-electron chi connectivity index (χ4n) is 2.40. The summed E-state index contributed by atoms with van der Waals surface area (Å²) < 4.78 is 0. The predicted octanol–water partition coefficient (Wildman–Crippen LogP) is 1.82. The molecule has 110 valence electrons. The van der Waals surface area contributed by atoms with Crippen molar-refractivity contribution in [1.29, 1.82) is 0 Å². The van der Waals surface area contributed by atoms with E-state index in [2.05, 4.69) is 15.5 Å². The second-order valence-corrected chi connectivity index (χ2v) is 5.65. The van der Waals surface area contributed by atoms with Gasteiger partial charge in [0.25, 0.3) is 0 Å². The number of carbonyl (C=O) groups excluding carboxylic acids is 1. The van der Waals surface area contributed by atoms with Crippen LogP contribution < -0.4 is 11.1 Å². The molecule has 1 amide bonds. The van der Waals surface area contributed by atoms with Crippen LogP contribution in [0.5, 0.6) is 0 Å². The van der Waals surface area contributed by atoms with Gasteiger partial charge in [-0.2, -0.15) is 5.10 Å². The smallest absolute Gasteiger partial charge is 0.221 e. The normalized spacial score (nSPS) is 15.7. The van der Waals surface area contributed by atoms with Crippen LogP contribution in [0.1, 0.15) is 24.8 Å². The Bertz CT molecular complexity index is 587. The number of aromatic nitrogens is 2. The third-order valence-corrected chi connectivity index (χ3v) is 3.90. The average Bonchev–Trinajstić information content (AvgIpc) is 3.21. The Morgan fingerprint density at radius 1 is 1.33 bits per heavy atom. The molecule has 21 heavy (non-hydrogen) atoms. The first-order valence-electron chi connectivity index (χ1n) is 7.33. The van der Waals surface area contributed by atoms with Crippen LogP contribution in [0.4, 0.5) is 0 Å². The van der Waals surface area contributed by atoms with Crippen LogP contribution in [0, 0.1) is 5.92 Å². The van der Waals surface area contributed by atoms with Gasteiger partial charge in [0.2, 0.25) is 5.91 Å². The SMILES string of the molecule is NC(CC(=O)NCc1ccc(-c2ccn[nH]2)cc1)C1CC1. The van der Waals surface area contributed by atoms with Crippen LogP contribution in [-0.4, -0.2) is 22.1 Å². The first kappa shape index (κ1) is 13.8. The lowest BCUT2D eigenvalue weighted by Crippen LogP contribution is -2.32. The Balaban J connectivity index is 1.50. The molecular formula is C16H20N4O. The van der Waals surface area contributed by atoms with Crippen molar-refractivity contribution in [2.45, 2.75) is 31.8 Å². The van der Waals surface area contributed by atoms with E-state index in [4.69, 9.17) is 5.73 Å². The van der Waals surface area contributed by atoms with Gasteiger partial charge in [0.1, 0.15) is 0 Å². The molecule has 1 fully saturated rings. The number of benzene rings is 1. The zero-order valence-electron chi connectivity index (χ0n) is 11.9. The van der Waals surface area contributed by atoms with Crippen molar-refractivity contribution in [3.63, 3.8) is 0 Å². The summed E-state index contributed by atoms with van der Waals surface area (Å²) in [7, 11) is 0. The third-order valence-electron chi connectivity index (χ3n) is 3.90. The summed E-state index contributed by atoms with van der Waals surface area (Å²) in [5.41, 5.74) is 9.10. The lowest BCUT2D eigenvalue weighted by Gasteiger charge is -2.10. The van der Waals surface area contributed by atoms with Gasteiger partial charge in [-0.3, -0.25) is 9.89 Å². The molecule has 0 radical (unpaired) electrons. The standard InChI is InChI=1S/C16H20N4O/c17-14(12-5-6-12)9-16(21)18-10-11-1-3-13(4-2-11)15-7-8-19-20-15/h1-4,7-8,12,14H,5-6,9-10,17H2,(H,18,21)(H,19,20). The largest absolute Gasteiger partial charge is 0.352 e. The molecule has 4 N–H and O–H groups in total. The molecule has 1 aromatic carbocycles. The highest BCUT2D eigenvalue weighted by atomic mass is 16.1. The highest BCUT2D eigenvalue weighted by Gasteiger charge is 2.29. The maximum absolute atomic E-state index is 11.8. The number of hydrogen-bond donors (Lipinski definition) is 3. The van der Waals surface area contributed by atoms with Gasteiger partial charge in [-0.15, -0.1) is 0 Å². The Labute approximate surface area is 123 Å². The minimum atomic E-state index is 0.0211. The molecule has 1 aliphatic rings. The molecule has 1 saturated carbocycles. The topological polar surface area (TPSA) is 83.8 Å². The Hall–Kier alpha value is -2.14. The molecule has 0 saturated heterocycles. The van der Waals surface area contributed by atoms with Crippen molar-refractivity contribution in [3.8, 4) is 11.3 Å². The number of rotatable bonds is 6. The van der Waals surface area contributed by atoms with E-state index in [-0.39, 0.29) is 11.9 Å². The Morgan fingerprint density at radius 3 is 2.71 bits per heavy atom. The highest BCUT2D eigenvalue weighted by molar-refractivity contribution is 5.76. The second-order valence-electron chi connectivity index (χ2n) is 5.65. The van der Waals surface area contributed by atoms with Gasteiger partial charge >= 0.3 is 0 Å². The molecule has 2 aromatic rings. The van der Waals surface area contributed by atoms with E-state index < -0.39 is 0 Å². The second kappa shape index (κ2) is 6.10. The summed E-state index contributed by atoms with van der Waals surface area (Å²) in [5, 5.41) is 9.79. The number of carbonyl (C=O) groups is 1. The van der Waals surface area contributed by atoms with Crippen LogP contribution in [0.2, 0.25) is 0 Å². The molecule has 5 heteroatoms. The van der Waals surface area contributed by atoms with Crippen LogP contribution in [0.15, 0.2) is 36.5 Å². The van der Waals surface area contributed by atoms with Gasteiger partial charge in [0, 0.05) is 25.2 Å². The molecule has 5 nitrogen and oxygen atoms in total. The van der Waals surface area contributed by atoms with Crippen molar-refractivity contribution in [1.82, 2.24) is 15.5 Å². The van der Waals surface area contributed by atoms with Crippen LogP contribution in [-0.2, 0) is 11.3 Å². The Morgan fingerprint density at radius 2 is 2.10 bits per heavy atom. The molecule has 0 aliphatic heterocycles. The summed E-state index contributed by atoms with van der Waals surface area (Å²) in [6.45, 7) is 0.541. The fraction of sp³-hybridized carbons (Fsp3) is 0.375. The number of nitrogens with one attached hydrogen (secondary N) is 2. The number of amides is 1. The van der Waals surface area contributed by atoms with E-state index in [1.807, 2.05) is 30.3 Å². The van der Waals surface area contributed by atoms with Gasteiger partial charge in [-0.25, -0.2) is 0 Å². The number of nitrogens with zero attached hydrogens (tertiary/aromatic N) is 1. The summed E-state index contributed by atoms with van der Waals surface area (Å²) >= 11 is 0. The maximum atomic E-state index is 11.8. The van der Waals surface area contributed by atoms with Gasteiger partial charge in [0.05, 0.1) is 5.69 Å². The zero-order chi connectivity index (χ0) is 14.7. The lowest BCUT2D eigenvalue weighted by molar-refractivity contribution is -0.121. The number of hydrogen-bond acceptors (Lipinski definition) is 3. The molecule has 1 aromatic heterocycles. The van der Waals surface area contributed by atoms with Crippen LogP contribution in [0.3, 0.4) is 0 Å². The summed E-state index contributed by atoms with van der Waals surface area (Å²) in [6, 6.07) is 10.0. The molecular weight excluding hydrogens is 264 g/mol. The predicted molar refractivity (Wildman–Crippen MR) is 81.2 cm³/mol. The highest BCUT2D eigenvalue weighted by Crippen LogP contribution is 2.32. The molecule has 1 unspecified atom stereocenters. The van der Waals surface area contributed by atoms with Crippen molar-refractivity contribution in [3.05, 3.63) is 42.1 Å². The average molecular weight is 284 g/mol. The van der Waals surface area contributed by atoms with Crippen molar-refractivity contribution < 1.29 is 4.79 Å². The molecule has 1 aliphatic carbocycles. The zero-order valence-corrected chi connectivity index (χ0v) is 11.9. The van der Waals surface area contributed by atoms with Crippen LogP contribution in [0.25, 0.3) is 11.3 Å². The third kappa shape index (κ3) is 3.70. The quantitative estimate of drug-likeness (QED) is 0.756. The summed E-state index contributed by atoms with van der Waals surface area (Å²) in [5.74, 6) is 0.594. The van der Waals surface area contributed by atoms with Gasteiger partial charge in [-0.1, -0.05) is 24.3 Å². The molecule has 1 atom stereocenters. The summed E-state index contributed by atoms with van der Waals surface area (Å²) in [4.78, 5) is 11.8. The van der Waals surface area contributed by atoms with E-state index >= 15 is 0 Å². The van der Waals surface area contributed by atoms with E-state index in [9.17, 15) is 4.79 Å². The van der Waals surface area contributed by atoms with E-state index in [1.165, 1.54) is 12.8 Å².